The predicted molar refractivity (Wildman–Crippen MR) is 155 cm³/mol. The van der Waals surface area contributed by atoms with Gasteiger partial charge in [0.2, 0.25) is 0 Å². The molecule has 3 atom stereocenters. The number of hydrogen-bond acceptors (Lipinski definition) is 11. The Morgan fingerprint density at radius 3 is 2.23 bits per heavy atom. The molecule has 11 nitrogen and oxygen atoms in total. The molecular weight excluding hydrogens is 572 g/mol. The van der Waals surface area contributed by atoms with Crippen LogP contribution in [0.1, 0.15) is 61.0 Å². The van der Waals surface area contributed by atoms with E-state index in [4.69, 9.17) is 18.9 Å². The molecule has 0 fully saturated rings. The number of ether oxygens (including phenoxy) is 4. The van der Waals surface area contributed by atoms with Crippen molar-refractivity contribution in [3.63, 3.8) is 0 Å². The topological polar surface area (TPSA) is 166 Å². The molecule has 230 valence electrons. The van der Waals surface area contributed by atoms with Crippen LogP contribution >= 0.6 is 0 Å². The van der Waals surface area contributed by atoms with Crippen LogP contribution in [0.4, 0.5) is 0 Å². The van der Waals surface area contributed by atoms with Gasteiger partial charge < -0.3 is 34.3 Å². The summed E-state index contributed by atoms with van der Waals surface area (Å²) in [5.74, 6) is -2.85. The molecule has 0 spiro atoms. The standard InChI is InChI=1S/C33H32O11/c1-32(39)10-15-6-14-7-20(42-4)27-26-18(28(36)17-8-16(41-3)9-21(43-5)25(17)30(26)38)11-33(2,40)13-22(35)44-31(27)24(14)29(37)23(15)19(34)12-32/h6-7,9,21,37,39-40H,8,10-13H2,1-5H3/t21-,32-,33+/m1/s1. The van der Waals surface area contributed by atoms with Gasteiger partial charge in [0, 0.05) is 55.1 Å². The summed E-state index contributed by atoms with van der Waals surface area (Å²) in [6.07, 6.45) is -0.401. The van der Waals surface area contributed by atoms with Crippen molar-refractivity contribution in [1.82, 2.24) is 0 Å². The number of rotatable bonds is 3. The Hall–Kier alpha value is -4.32. The highest BCUT2D eigenvalue weighted by atomic mass is 16.5. The lowest BCUT2D eigenvalue weighted by atomic mass is 9.72. The van der Waals surface area contributed by atoms with Crippen LogP contribution in [-0.4, -0.2) is 77.3 Å². The van der Waals surface area contributed by atoms with Gasteiger partial charge in [-0.1, -0.05) is 0 Å². The number of carbonyl (C=O) groups is 4. The molecule has 0 saturated heterocycles. The second-order valence-electron chi connectivity index (χ2n) is 12.3. The largest absolute Gasteiger partial charge is 0.506 e. The van der Waals surface area contributed by atoms with Crippen molar-refractivity contribution in [3.8, 4) is 17.2 Å². The number of phenols is 1. The molecule has 1 heterocycles. The van der Waals surface area contributed by atoms with Gasteiger partial charge in [0.1, 0.15) is 17.6 Å². The second-order valence-corrected chi connectivity index (χ2v) is 12.3. The number of carbonyl (C=O) groups excluding carboxylic acids is 4. The van der Waals surface area contributed by atoms with E-state index in [9.17, 15) is 34.5 Å². The monoisotopic (exact) mass is 604 g/mol. The van der Waals surface area contributed by atoms with Crippen molar-refractivity contribution in [2.75, 3.05) is 21.3 Å². The fourth-order valence-corrected chi connectivity index (χ4v) is 6.86. The fraction of sp³-hybridized carbons (Fsp3) is 0.394. The van der Waals surface area contributed by atoms with Crippen LogP contribution in [0, 0.1) is 0 Å². The van der Waals surface area contributed by atoms with E-state index in [1.807, 2.05) is 0 Å². The molecule has 0 saturated carbocycles. The van der Waals surface area contributed by atoms with E-state index < -0.39 is 52.8 Å². The number of fused-ring (bicyclic) bond motifs is 5. The lowest BCUT2D eigenvalue weighted by Crippen LogP contribution is -2.36. The minimum absolute atomic E-state index is 0.0190. The molecule has 0 unspecified atom stereocenters. The van der Waals surface area contributed by atoms with E-state index in [2.05, 4.69) is 0 Å². The molecule has 11 heteroatoms. The Labute approximate surface area is 252 Å². The first kappa shape index (κ1) is 29.7. The van der Waals surface area contributed by atoms with Crippen molar-refractivity contribution in [1.29, 1.82) is 0 Å². The molecule has 4 aliphatic rings. The summed E-state index contributed by atoms with van der Waals surface area (Å²) >= 11 is 0. The number of ketones is 3. The van der Waals surface area contributed by atoms with Crippen LogP contribution in [0.25, 0.3) is 16.3 Å². The van der Waals surface area contributed by atoms with E-state index in [0.29, 0.717) is 16.7 Å². The zero-order chi connectivity index (χ0) is 31.9. The summed E-state index contributed by atoms with van der Waals surface area (Å²) in [4.78, 5) is 55.3. The molecule has 1 aliphatic heterocycles. The molecule has 3 N–H and O–H groups in total. The summed E-state index contributed by atoms with van der Waals surface area (Å²) in [5.41, 5.74) is -2.85. The lowest BCUT2D eigenvalue weighted by Gasteiger charge is -2.33. The number of methoxy groups -OCH3 is 3. The summed E-state index contributed by atoms with van der Waals surface area (Å²) in [6.45, 7) is 2.89. The van der Waals surface area contributed by atoms with E-state index in [1.165, 1.54) is 41.2 Å². The maximum Gasteiger partial charge on any atom is 0.314 e. The van der Waals surface area contributed by atoms with Gasteiger partial charge in [0.25, 0.3) is 0 Å². The Balaban J connectivity index is 1.70. The highest BCUT2D eigenvalue weighted by Gasteiger charge is 2.46. The third-order valence-corrected chi connectivity index (χ3v) is 8.70. The molecular formula is C33H32O11. The SMILES string of the molecule is COC1=C[C@@H](OC)C2=C(C1)C(=O)C1=C(C2=O)c2c(OC)cc3cc4c(c(O)c3c2OC(=O)C[C@@](C)(O)C1)C(=O)C[C@](C)(O)C4. The Morgan fingerprint density at radius 2 is 1.57 bits per heavy atom. The van der Waals surface area contributed by atoms with Crippen LogP contribution < -0.4 is 9.47 Å². The van der Waals surface area contributed by atoms with Crippen molar-refractivity contribution in [2.24, 2.45) is 0 Å². The fourth-order valence-electron chi connectivity index (χ4n) is 6.86. The molecule has 0 amide bonds. The highest BCUT2D eigenvalue weighted by molar-refractivity contribution is 6.41. The van der Waals surface area contributed by atoms with Crippen molar-refractivity contribution in [2.45, 2.75) is 63.3 Å². The maximum absolute atomic E-state index is 14.5. The molecule has 0 bridgehead atoms. The van der Waals surface area contributed by atoms with E-state index in [-0.39, 0.29) is 76.0 Å². The van der Waals surface area contributed by atoms with Gasteiger partial charge in [-0.2, -0.15) is 0 Å². The zero-order valence-corrected chi connectivity index (χ0v) is 25.0. The zero-order valence-electron chi connectivity index (χ0n) is 25.0. The molecule has 3 aliphatic carbocycles. The molecule has 44 heavy (non-hydrogen) atoms. The summed E-state index contributed by atoms with van der Waals surface area (Å²) in [5, 5.41) is 33.8. The van der Waals surface area contributed by atoms with Gasteiger partial charge in [0.15, 0.2) is 23.1 Å². The van der Waals surface area contributed by atoms with Gasteiger partial charge in [0.05, 0.1) is 54.1 Å². The lowest BCUT2D eigenvalue weighted by molar-refractivity contribution is -0.139. The first-order valence-electron chi connectivity index (χ1n) is 14.1. The first-order chi connectivity index (χ1) is 20.7. The number of esters is 1. The third-order valence-electron chi connectivity index (χ3n) is 8.70. The quantitative estimate of drug-likeness (QED) is 0.268. The van der Waals surface area contributed by atoms with Crippen molar-refractivity contribution >= 4 is 39.7 Å². The van der Waals surface area contributed by atoms with E-state index >= 15 is 0 Å². The summed E-state index contributed by atoms with van der Waals surface area (Å²) in [7, 11) is 4.17. The predicted octanol–water partition coefficient (Wildman–Crippen LogP) is 3.04. The van der Waals surface area contributed by atoms with Gasteiger partial charge >= 0.3 is 5.97 Å². The van der Waals surface area contributed by atoms with Gasteiger partial charge in [-0.15, -0.1) is 0 Å². The molecule has 2 aromatic rings. The van der Waals surface area contributed by atoms with Gasteiger partial charge in [-0.3, -0.25) is 19.2 Å². The number of benzene rings is 2. The summed E-state index contributed by atoms with van der Waals surface area (Å²) in [6, 6.07) is 3.11. The number of aromatic hydroxyl groups is 1. The van der Waals surface area contributed by atoms with Crippen molar-refractivity contribution in [3.05, 3.63) is 57.4 Å². The van der Waals surface area contributed by atoms with Crippen LogP contribution in [0.5, 0.6) is 17.2 Å². The number of aliphatic hydroxyl groups is 2. The van der Waals surface area contributed by atoms with Crippen LogP contribution in [0.2, 0.25) is 0 Å². The second kappa shape index (κ2) is 10.1. The number of allylic oxidation sites excluding steroid dienone is 2. The highest BCUT2D eigenvalue weighted by Crippen LogP contribution is 2.52. The number of Topliss-reactive ketones (excluding diaryl/α,β-unsaturated/α-hetero) is 3. The van der Waals surface area contributed by atoms with Crippen LogP contribution in [0.15, 0.2) is 40.7 Å². The Kier molecular flexibility index (Phi) is 6.84. The number of hydrogen-bond donors (Lipinski definition) is 3. The molecule has 0 radical (unpaired) electrons. The molecule has 6 rings (SSSR count). The minimum Gasteiger partial charge on any atom is -0.506 e. The van der Waals surface area contributed by atoms with Crippen LogP contribution in [0.3, 0.4) is 0 Å². The molecule has 0 aromatic heterocycles. The van der Waals surface area contributed by atoms with E-state index in [1.54, 1.807) is 12.1 Å². The summed E-state index contributed by atoms with van der Waals surface area (Å²) < 4.78 is 22.5. The normalized spacial score (nSPS) is 27.0. The minimum atomic E-state index is -1.80. The molecule has 2 aromatic carbocycles. The van der Waals surface area contributed by atoms with Crippen molar-refractivity contribution < 1.29 is 53.4 Å². The third kappa shape index (κ3) is 4.54. The maximum atomic E-state index is 14.5. The first-order valence-corrected chi connectivity index (χ1v) is 14.1. The average molecular weight is 605 g/mol. The Morgan fingerprint density at radius 1 is 0.864 bits per heavy atom. The van der Waals surface area contributed by atoms with Crippen LogP contribution in [-0.2, 0) is 30.3 Å². The van der Waals surface area contributed by atoms with E-state index in [0.717, 1.165) is 0 Å². The number of phenolic OH excluding ortho intramolecular Hbond substituents is 1. The van der Waals surface area contributed by atoms with Gasteiger partial charge in [-0.25, -0.2) is 0 Å². The average Bonchev–Trinajstić information content (AvgIpc) is 2.97. The smallest absolute Gasteiger partial charge is 0.314 e. The Bertz CT molecular complexity index is 1800. The van der Waals surface area contributed by atoms with Gasteiger partial charge in [-0.05, 0) is 43.0 Å².